The molecule has 0 bridgehead atoms. The van der Waals surface area contributed by atoms with Crippen LogP contribution in [0.2, 0.25) is 0 Å². The van der Waals surface area contributed by atoms with E-state index in [0.29, 0.717) is 0 Å². The van der Waals surface area contributed by atoms with Gasteiger partial charge in [0.25, 0.3) is 0 Å². The molecule has 134 valence electrons. The van der Waals surface area contributed by atoms with Crippen LogP contribution in [0.4, 0.5) is 0 Å². The van der Waals surface area contributed by atoms with E-state index in [0.717, 1.165) is 25.3 Å². The molecule has 0 aliphatic carbocycles. The summed E-state index contributed by atoms with van der Waals surface area (Å²) in [6.07, 6.45) is 5.90. The zero-order chi connectivity index (χ0) is 16.9. The third-order valence-electron chi connectivity index (χ3n) is 4.00. The van der Waals surface area contributed by atoms with Crippen LogP contribution >= 0.6 is 23.7 Å². The Kier molecular flexibility index (Phi) is 6.22. The van der Waals surface area contributed by atoms with Crippen molar-refractivity contribution < 1.29 is 0 Å². The summed E-state index contributed by atoms with van der Waals surface area (Å²) in [6, 6.07) is 14.5. The topological polar surface area (TPSA) is 58.5 Å². The van der Waals surface area contributed by atoms with Crippen LogP contribution in [0, 0.1) is 0 Å². The van der Waals surface area contributed by atoms with Crippen LogP contribution in [0.5, 0.6) is 0 Å². The number of thiophene rings is 1. The highest BCUT2D eigenvalue weighted by atomic mass is 35.5. The molecule has 3 aromatic heterocycles. The van der Waals surface area contributed by atoms with E-state index in [1.807, 2.05) is 23.1 Å². The first kappa shape index (κ1) is 18.4. The lowest BCUT2D eigenvalue weighted by atomic mass is 10.2. The molecule has 26 heavy (non-hydrogen) atoms. The quantitative estimate of drug-likeness (QED) is 0.503. The third kappa shape index (κ3) is 4.40. The van der Waals surface area contributed by atoms with Crippen molar-refractivity contribution in [2.45, 2.75) is 19.6 Å². The van der Waals surface area contributed by atoms with Gasteiger partial charge in [-0.2, -0.15) is 10.2 Å². The maximum atomic E-state index is 4.45. The van der Waals surface area contributed by atoms with Gasteiger partial charge in [-0.25, -0.2) is 0 Å². The van der Waals surface area contributed by atoms with Gasteiger partial charge in [0, 0.05) is 30.4 Å². The number of halogens is 1. The summed E-state index contributed by atoms with van der Waals surface area (Å²) in [5.74, 6) is 0. The molecule has 0 aliphatic heterocycles. The van der Waals surface area contributed by atoms with Crippen molar-refractivity contribution in [3.05, 3.63) is 83.1 Å². The predicted octanol–water partition coefficient (Wildman–Crippen LogP) is 4.09. The van der Waals surface area contributed by atoms with Gasteiger partial charge in [-0.3, -0.25) is 9.78 Å². The Morgan fingerprint density at radius 3 is 2.69 bits per heavy atom. The highest BCUT2D eigenvalue weighted by Crippen LogP contribution is 2.25. The Morgan fingerprint density at radius 1 is 1.00 bits per heavy atom. The van der Waals surface area contributed by atoms with E-state index in [-0.39, 0.29) is 12.4 Å². The zero-order valence-corrected chi connectivity index (χ0v) is 15.8. The first-order chi connectivity index (χ1) is 12.4. The second kappa shape index (κ2) is 8.80. The van der Waals surface area contributed by atoms with Crippen LogP contribution in [0.15, 0.2) is 66.4 Å². The average molecular weight is 386 g/mol. The van der Waals surface area contributed by atoms with Crippen molar-refractivity contribution in [3.8, 4) is 10.6 Å². The molecule has 5 nitrogen and oxygen atoms in total. The van der Waals surface area contributed by atoms with Crippen LogP contribution in [-0.4, -0.2) is 20.0 Å². The van der Waals surface area contributed by atoms with Gasteiger partial charge in [0.15, 0.2) is 0 Å². The van der Waals surface area contributed by atoms with Crippen molar-refractivity contribution in [1.82, 2.24) is 25.3 Å². The van der Waals surface area contributed by atoms with Crippen molar-refractivity contribution >= 4 is 23.7 Å². The summed E-state index contributed by atoms with van der Waals surface area (Å²) in [7, 11) is 0. The minimum Gasteiger partial charge on any atom is -0.308 e. The number of hydrogen-bond acceptors (Lipinski definition) is 4. The maximum Gasteiger partial charge on any atom is 0.0794 e. The molecular weight excluding hydrogens is 366 g/mol. The van der Waals surface area contributed by atoms with Gasteiger partial charge in [0.2, 0.25) is 0 Å². The number of benzene rings is 1. The van der Waals surface area contributed by atoms with Crippen molar-refractivity contribution in [2.24, 2.45) is 0 Å². The van der Waals surface area contributed by atoms with Crippen molar-refractivity contribution in [3.63, 3.8) is 0 Å². The molecule has 1 aromatic carbocycles. The second-order valence-electron chi connectivity index (χ2n) is 5.88. The lowest BCUT2D eigenvalue weighted by Crippen LogP contribution is -2.12. The molecule has 2 N–H and O–H groups in total. The molecule has 0 atom stereocenters. The average Bonchev–Trinajstić information content (AvgIpc) is 3.37. The van der Waals surface area contributed by atoms with Gasteiger partial charge in [-0.05, 0) is 17.0 Å². The summed E-state index contributed by atoms with van der Waals surface area (Å²) in [4.78, 5) is 1.21. The SMILES string of the molecule is Cl.c1ccc(Cn2cc(CNCc3cn[nH]c3-c3cccs3)cn2)cc1. The highest BCUT2D eigenvalue weighted by molar-refractivity contribution is 7.13. The van der Waals surface area contributed by atoms with Crippen LogP contribution in [0.1, 0.15) is 16.7 Å². The van der Waals surface area contributed by atoms with Crippen molar-refractivity contribution in [1.29, 1.82) is 0 Å². The Bertz CT molecular complexity index is 914. The fourth-order valence-corrected chi connectivity index (χ4v) is 3.53. The Labute approximate surface area is 162 Å². The molecule has 0 fully saturated rings. The Balaban J connectivity index is 0.00000196. The van der Waals surface area contributed by atoms with E-state index < -0.39 is 0 Å². The van der Waals surface area contributed by atoms with Gasteiger partial charge in [-0.15, -0.1) is 23.7 Å². The van der Waals surface area contributed by atoms with Crippen LogP contribution in [-0.2, 0) is 19.6 Å². The third-order valence-corrected chi connectivity index (χ3v) is 4.89. The number of aromatic amines is 1. The van der Waals surface area contributed by atoms with E-state index in [9.17, 15) is 0 Å². The maximum absolute atomic E-state index is 4.45. The fraction of sp³-hybridized carbons (Fsp3) is 0.158. The number of rotatable bonds is 7. The van der Waals surface area contributed by atoms with Gasteiger partial charge < -0.3 is 5.32 Å². The Hall–Kier alpha value is -2.41. The zero-order valence-electron chi connectivity index (χ0n) is 14.1. The molecule has 7 heteroatoms. The molecule has 0 aliphatic rings. The minimum absolute atomic E-state index is 0. The first-order valence-corrected chi connectivity index (χ1v) is 9.08. The van der Waals surface area contributed by atoms with Crippen LogP contribution < -0.4 is 5.32 Å². The van der Waals surface area contributed by atoms with Gasteiger partial charge in [-0.1, -0.05) is 36.4 Å². The monoisotopic (exact) mass is 385 g/mol. The van der Waals surface area contributed by atoms with E-state index in [4.69, 9.17) is 0 Å². The van der Waals surface area contributed by atoms with Crippen molar-refractivity contribution in [2.75, 3.05) is 0 Å². The normalized spacial score (nSPS) is 10.6. The van der Waals surface area contributed by atoms with E-state index in [2.05, 4.69) is 68.6 Å². The molecule has 0 saturated carbocycles. The molecule has 0 saturated heterocycles. The lowest BCUT2D eigenvalue weighted by Gasteiger charge is -2.03. The fourth-order valence-electron chi connectivity index (χ4n) is 2.78. The molecule has 4 rings (SSSR count). The molecule has 4 aromatic rings. The summed E-state index contributed by atoms with van der Waals surface area (Å²) >= 11 is 1.72. The number of nitrogens with one attached hydrogen (secondary N) is 2. The summed E-state index contributed by atoms with van der Waals surface area (Å²) in [5, 5.41) is 17.3. The van der Waals surface area contributed by atoms with Gasteiger partial charge >= 0.3 is 0 Å². The summed E-state index contributed by atoms with van der Waals surface area (Å²) in [6.45, 7) is 2.35. The number of H-pyrrole nitrogens is 1. The van der Waals surface area contributed by atoms with Gasteiger partial charge in [0.05, 0.1) is 29.5 Å². The standard InChI is InChI=1S/C19H19N5S.ClH/c1-2-5-15(6-3-1)13-24-14-16(10-22-24)9-20-11-17-12-21-23-19(17)18-7-4-8-25-18;/h1-8,10,12,14,20H,9,11,13H2,(H,21,23);1H. The minimum atomic E-state index is 0. The largest absolute Gasteiger partial charge is 0.308 e. The molecular formula is C19H20ClN5S. The molecule has 0 amide bonds. The van der Waals surface area contributed by atoms with Crippen LogP contribution in [0.25, 0.3) is 10.6 Å². The molecule has 0 spiro atoms. The van der Waals surface area contributed by atoms with Gasteiger partial charge in [0.1, 0.15) is 0 Å². The second-order valence-corrected chi connectivity index (χ2v) is 6.83. The highest BCUT2D eigenvalue weighted by Gasteiger charge is 2.08. The van der Waals surface area contributed by atoms with E-state index in [1.54, 1.807) is 11.3 Å². The summed E-state index contributed by atoms with van der Waals surface area (Å²) < 4.78 is 1.97. The molecule has 0 radical (unpaired) electrons. The first-order valence-electron chi connectivity index (χ1n) is 8.20. The van der Waals surface area contributed by atoms with Crippen LogP contribution in [0.3, 0.4) is 0 Å². The summed E-state index contributed by atoms with van der Waals surface area (Å²) in [5.41, 5.74) is 4.71. The molecule has 3 heterocycles. The van der Waals surface area contributed by atoms with E-state index >= 15 is 0 Å². The number of hydrogen-bond donors (Lipinski definition) is 2. The molecule has 0 unspecified atom stereocenters. The number of aromatic nitrogens is 4. The Morgan fingerprint density at radius 2 is 1.88 bits per heavy atom. The predicted molar refractivity (Wildman–Crippen MR) is 107 cm³/mol. The van der Waals surface area contributed by atoms with E-state index in [1.165, 1.54) is 21.6 Å². The number of nitrogens with zero attached hydrogens (tertiary/aromatic N) is 3. The smallest absolute Gasteiger partial charge is 0.0794 e. The lowest BCUT2D eigenvalue weighted by molar-refractivity contribution is 0.677.